The monoisotopic (exact) mass is 216 g/mol. The van der Waals surface area contributed by atoms with E-state index in [4.69, 9.17) is 4.74 Å². The van der Waals surface area contributed by atoms with Crippen LogP contribution in [0, 0.1) is 0 Å². The molecule has 0 spiro atoms. The highest BCUT2D eigenvalue weighted by Gasteiger charge is 2.31. The summed E-state index contributed by atoms with van der Waals surface area (Å²) >= 11 is 0. The van der Waals surface area contributed by atoms with Crippen molar-refractivity contribution in [2.75, 3.05) is 45.9 Å². The Morgan fingerprint density at radius 2 is 1.87 bits per heavy atom. The number of rotatable bonds is 3. The van der Waals surface area contributed by atoms with E-state index in [-0.39, 0.29) is 0 Å². The van der Waals surface area contributed by atoms with Crippen molar-refractivity contribution in [2.45, 2.75) is 24.9 Å². The Hall–Kier alpha value is -0.190. The molecule has 88 valence electrons. The van der Waals surface area contributed by atoms with E-state index in [9.17, 15) is 4.39 Å². The molecule has 0 unspecified atom stereocenters. The van der Waals surface area contributed by atoms with E-state index in [0.29, 0.717) is 19.3 Å². The molecule has 0 bridgehead atoms. The smallest absolute Gasteiger partial charge is 0.114 e. The molecule has 2 saturated heterocycles. The van der Waals surface area contributed by atoms with Crippen LogP contribution in [-0.4, -0.2) is 56.5 Å². The zero-order valence-corrected chi connectivity index (χ0v) is 9.30. The Balaban J connectivity index is 1.70. The standard InChI is InChI=1S/C11H21FN2O/c12-11(1-4-13-5-2-11)3-6-14-7-9-15-10-8-14/h13H,1-10H2. The van der Waals surface area contributed by atoms with E-state index < -0.39 is 5.67 Å². The molecule has 0 amide bonds. The molecule has 2 aliphatic heterocycles. The number of nitrogens with one attached hydrogen (secondary N) is 1. The van der Waals surface area contributed by atoms with Gasteiger partial charge in [-0.25, -0.2) is 4.39 Å². The van der Waals surface area contributed by atoms with Crippen molar-refractivity contribution in [3.8, 4) is 0 Å². The highest BCUT2D eigenvalue weighted by molar-refractivity contribution is 4.85. The van der Waals surface area contributed by atoms with E-state index in [1.54, 1.807) is 0 Å². The van der Waals surface area contributed by atoms with Crippen molar-refractivity contribution in [2.24, 2.45) is 0 Å². The van der Waals surface area contributed by atoms with Gasteiger partial charge in [0.2, 0.25) is 0 Å². The minimum atomic E-state index is -0.913. The molecule has 0 aromatic carbocycles. The molecular weight excluding hydrogens is 195 g/mol. The summed E-state index contributed by atoms with van der Waals surface area (Å²) in [6, 6.07) is 0. The van der Waals surface area contributed by atoms with Gasteiger partial charge in [0.1, 0.15) is 5.67 Å². The third-order valence-corrected chi connectivity index (χ3v) is 3.48. The van der Waals surface area contributed by atoms with Gasteiger partial charge in [-0.05, 0) is 32.4 Å². The summed E-state index contributed by atoms with van der Waals surface area (Å²) in [6.45, 7) is 6.10. The maximum atomic E-state index is 14.2. The van der Waals surface area contributed by atoms with E-state index in [2.05, 4.69) is 10.2 Å². The Bertz CT molecular complexity index is 189. The first-order chi connectivity index (χ1) is 7.29. The van der Waals surface area contributed by atoms with Crippen molar-refractivity contribution in [3.63, 3.8) is 0 Å². The molecular formula is C11H21FN2O. The number of piperidine rings is 1. The summed E-state index contributed by atoms with van der Waals surface area (Å²) in [7, 11) is 0. The molecule has 3 nitrogen and oxygen atoms in total. The van der Waals surface area contributed by atoms with Gasteiger partial charge >= 0.3 is 0 Å². The Morgan fingerprint density at radius 3 is 2.53 bits per heavy atom. The third-order valence-electron chi connectivity index (χ3n) is 3.48. The van der Waals surface area contributed by atoms with Crippen molar-refractivity contribution < 1.29 is 9.13 Å². The molecule has 1 N–H and O–H groups in total. The number of hydrogen-bond donors (Lipinski definition) is 1. The van der Waals surface area contributed by atoms with E-state index in [1.807, 2.05) is 0 Å². The van der Waals surface area contributed by atoms with E-state index in [0.717, 1.165) is 45.9 Å². The predicted octanol–water partition coefficient (Wildman–Crippen LogP) is 0.800. The van der Waals surface area contributed by atoms with Crippen LogP contribution in [0.1, 0.15) is 19.3 Å². The zero-order valence-electron chi connectivity index (χ0n) is 9.30. The third kappa shape index (κ3) is 3.40. The van der Waals surface area contributed by atoms with Gasteiger partial charge < -0.3 is 10.1 Å². The normalized spacial score (nSPS) is 27.8. The molecule has 0 radical (unpaired) electrons. The molecule has 4 heteroatoms. The van der Waals surface area contributed by atoms with Gasteiger partial charge in [0.05, 0.1) is 13.2 Å². The first kappa shape index (κ1) is 11.3. The lowest BCUT2D eigenvalue weighted by Gasteiger charge is -2.33. The number of nitrogens with zero attached hydrogens (tertiary/aromatic N) is 1. The Labute approximate surface area is 91.0 Å². The van der Waals surface area contributed by atoms with Gasteiger partial charge in [0.25, 0.3) is 0 Å². The summed E-state index contributed by atoms with van der Waals surface area (Å²) < 4.78 is 19.5. The number of hydrogen-bond acceptors (Lipinski definition) is 3. The lowest BCUT2D eigenvalue weighted by atomic mass is 9.91. The molecule has 0 atom stereocenters. The van der Waals surface area contributed by atoms with E-state index in [1.165, 1.54) is 0 Å². The van der Waals surface area contributed by atoms with Crippen molar-refractivity contribution in [1.29, 1.82) is 0 Å². The highest BCUT2D eigenvalue weighted by Crippen LogP contribution is 2.27. The summed E-state index contributed by atoms with van der Waals surface area (Å²) in [5.74, 6) is 0. The second kappa shape index (κ2) is 5.23. The zero-order chi connectivity index (χ0) is 10.6. The number of morpholine rings is 1. The fourth-order valence-electron chi connectivity index (χ4n) is 2.31. The first-order valence-corrected chi connectivity index (χ1v) is 5.98. The van der Waals surface area contributed by atoms with Gasteiger partial charge in [-0.15, -0.1) is 0 Å². The summed E-state index contributed by atoms with van der Waals surface area (Å²) in [6.07, 6.45) is 2.04. The van der Waals surface area contributed by atoms with Crippen LogP contribution >= 0.6 is 0 Å². The maximum absolute atomic E-state index is 14.2. The molecule has 0 aromatic rings. The topological polar surface area (TPSA) is 24.5 Å². The van der Waals surface area contributed by atoms with Crippen LogP contribution in [0.15, 0.2) is 0 Å². The fraction of sp³-hybridized carbons (Fsp3) is 1.00. The molecule has 0 aliphatic carbocycles. The van der Waals surface area contributed by atoms with Gasteiger partial charge in [0.15, 0.2) is 0 Å². The Kier molecular flexibility index (Phi) is 3.94. The molecule has 0 aromatic heterocycles. The van der Waals surface area contributed by atoms with Crippen molar-refractivity contribution in [1.82, 2.24) is 10.2 Å². The largest absolute Gasteiger partial charge is 0.379 e. The lowest BCUT2D eigenvalue weighted by molar-refractivity contribution is 0.0217. The van der Waals surface area contributed by atoms with Crippen LogP contribution in [0.3, 0.4) is 0 Å². The van der Waals surface area contributed by atoms with E-state index >= 15 is 0 Å². The lowest BCUT2D eigenvalue weighted by Crippen LogP contribution is -2.43. The molecule has 2 aliphatic rings. The minimum Gasteiger partial charge on any atom is -0.379 e. The van der Waals surface area contributed by atoms with Gasteiger partial charge in [-0.1, -0.05) is 0 Å². The van der Waals surface area contributed by atoms with Crippen LogP contribution in [0.5, 0.6) is 0 Å². The van der Waals surface area contributed by atoms with Crippen molar-refractivity contribution >= 4 is 0 Å². The molecule has 0 saturated carbocycles. The SMILES string of the molecule is FC1(CCN2CCOCC2)CCNCC1. The van der Waals surface area contributed by atoms with Gasteiger partial charge in [-0.2, -0.15) is 0 Å². The van der Waals surface area contributed by atoms with Crippen LogP contribution in [-0.2, 0) is 4.74 Å². The average molecular weight is 216 g/mol. The maximum Gasteiger partial charge on any atom is 0.114 e. The van der Waals surface area contributed by atoms with Crippen molar-refractivity contribution in [3.05, 3.63) is 0 Å². The molecule has 2 rings (SSSR count). The minimum absolute atomic E-state index is 0.678. The number of alkyl halides is 1. The second-order valence-electron chi connectivity index (χ2n) is 4.60. The van der Waals surface area contributed by atoms with Crippen LogP contribution in [0.2, 0.25) is 0 Å². The molecule has 2 heterocycles. The number of ether oxygens (including phenoxy) is 1. The van der Waals surface area contributed by atoms with Crippen LogP contribution in [0.25, 0.3) is 0 Å². The molecule has 15 heavy (non-hydrogen) atoms. The predicted molar refractivity (Wildman–Crippen MR) is 57.8 cm³/mol. The highest BCUT2D eigenvalue weighted by atomic mass is 19.1. The number of halogens is 1. The van der Waals surface area contributed by atoms with Gasteiger partial charge in [0, 0.05) is 19.6 Å². The fourth-order valence-corrected chi connectivity index (χ4v) is 2.31. The quantitative estimate of drug-likeness (QED) is 0.755. The first-order valence-electron chi connectivity index (χ1n) is 5.98. The van der Waals surface area contributed by atoms with Gasteiger partial charge in [-0.3, -0.25) is 4.90 Å². The second-order valence-corrected chi connectivity index (χ2v) is 4.60. The Morgan fingerprint density at radius 1 is 1.20 bits per heavy atom. The summed E-state index contributed by atoms with van der Waals surface area (Å²) in [5, 5.41) is 3.20. The van der Waals surface area contributed by atoms with Crippen LogP contribution in [0.4, 0.5) is 4.39 Å². The average Bonchev–Trinajstić information content (AvgIpc) is 2.29. The molecule has 2 fully saturated rings. The summed E-state index contributed by atoms with van der Waals surface area (Å²) in [5.41, 5.74) is -0.913. The van der Waals surface area contributed by atoms with Crippen LogP contribution < -0.4 is 5.32 Å². The summed E-state index contributed by atoms with van der Waals surface area (Å²) in [4.78, 5) is 2.31.